The number of anilines is 1. The molecule has 43 heavy (non-hydrogen) atoms. The Bertz CT molecular complexity index is 1830. The second kappa shape index (κ2) is 11.7. The summed E-state index contributed by atoms with van der Waals surface area (Å²) < 4.78 is 14.6. The van der Waals surface area contributed by atoms with Gasteiger partial charge in [-0.2, -0.15) is 0 Å². The normalized spacial score (nSPS) is 14.5. The summed E-state index contributed by atoms with van der Waals surface area (Å²) in [5.41, 5.74) is 3.30. The summed E-state index contributed by atoms with van der Waals surface area (Å²) in [6.07, 6.45) is 1.67. The Morgan fingerprint density at radius 1 is 0.953 bits per heavy atom. The molecule has 0 aliphatic carbocycles. The third-order valence-corrected chi connectivity index (χ3v) is 8.52. The maximum absolute atomic E-state index is 13.6. The molecular formula is C33H31N3O5S2. The number of methoxy groups -OCH3 is 1. The molecule has 1 aliphatic heterocycles. The molecule has 5 rings (SSSR count). The van der Waals surface area contributed by atoms with Crippen molar-refractivity contribution in [3.05, 3.63) is 110 Å². The fourth-order valence-electron chi connectivity index (χ4n) is 4.75. The molecule has 4 aromatic rings. The van der Waals surface area contributed by atoms with Gasteiger partial charge in [0.05, 0.1) is 29.0 Å². The lowest BCUT2D eigenvalue weighted by molar-refractivity contribution is -0.113. The molecule has 1 amide bonds. The minimum atomic E-state index is -0.508. The SMILES string of the molecule is COc1cc(/C=C2\SC(=S)N(c3c(C)n(C)n(-c4ccccc4)c3=O)C2=O)ccc1OC(=O)c1ccc(C(C)(C)C)cc1. The Kier molecular flexibility index (Phi) is 8.18. The van der Waals surface area contributed by atoms with Gasteiger partial charge >= 0.3 is 5.97 Å². The first-order valence-electron chi connectivity index (χ1n) is 13.5. The van der Waals surface area contributed by atoms with E-state index in [1.54, 1.807) is 55.1 Å². The Labute approximate surface area is 259 Å². The highest BCUT2D eigenvalue weighted by Crippen LogP contribution is 2.38. The molecule has 0 N–H and O–H groups in total. The van der Waals surface area contributed by atoms with Crippen molar-refractivity contribution in [2.45, 2.75) is 33.1 Å². The Morgan fingerprint density at radius 3 is 2.26 bits per heavy atom. The number of para-hydroxylation sites is 1. The maximum atomic E-state index is 13.6. The van der Waals surface area contributed by atoms with Gasteiger partial charge in [-0.1, -0.05) is 81.1 Å². The Hall–Kier alpha value is -4.41. The van der Waals surface area contributed by atoms with Crippen molar-refractivity contribution < 1.29 is 19.1 Å². The lowest BCUT2D eigenvalue weighted by Gasteiger charge is -2.19. The van der Waals surface area contributed by atoms with Gasteiger partial charge in [0.25, 0.3) is 11.5 Å². The van der Waals surface area contributed by atoms with Crippen molar-refractivity contribution in [2.24, 2.45) is 7.05 Å². The molecule has 1 aromatic heterocycles. The quantitative estimate of drug-likeness (QED) is 0.108. The smallest absolute Gasteiger partial charge is 0.343 e. The highest BCUT2D eigenvalue weighted by atomic mass is 32.2. The van der Waals surface area contributed by atoms with Crippen LogP contribution < -0.4 is 19.9 Å². The van der Waals surface area contributed by atoms with Crippen molar-refractivity contribution in [1.82, 2.24) is 9.36 Å². The van der Waals surface area contributed by atoms with E-state index >= 15 is 0 Å². The first-order chi connectivity index (χ1) is 20.4. The fourth-order valence-corrected chi connectivity index (χ4v) is 6.02. The molecular weight excluding hydrogens is 583 g/mol. The van der Waals surface area contributed by atoms with Gasteiger partial charge in [-0.3, -0.25) is 19.2 Å². The van der Waals surface area contributed by atoms with Crippen molar-refractivity contribution in [2.75, 3.05) is 12.0 Å². The summed E-state index contributed by atoms with van der Waals surface area (Å²) in [7, 11) is 3.24. The number of carbonyl (C=O) groups excluding carboxylic acids is 2. The molecule has 0 atom stereocenters. The molecule has 10 heteroatoms. The molecule has 0 saturated carbocycles. The van der Waals surface area contributed by atoms with Gasteiger partial charge in [-0.25, -0.2) is 9.48 Å². The molecule has 0 radical (unpaired) electrons. The van der Waals surface area contributed by atoms with Crippen LogP contribution in [0.15, 0.2) is 82.5 Å². The minimum absolute atomic E-state index is 0.0307. The van der Waals surface area contributed by atoms with Crippen LogP contribution in [0.4, 0.5) is 5.69 Å². The number of nitrogens with zero attached hydrogens (tertiary/aromatic N) is 3. The van der Waals surface area contributed by atoms with Crippen LogP contribution in [0.3, 0.4) is 0 Å². The van der Waals surface area contributed by atoms with E-state index in [1.807, 2.05) is 42.5 Å². The largest absolute Gasteiger partial charge is 0.493 e. The lowest BCUT2D eigenvalue weighted by atomic mass is 9.87. The second-order valence-electron chi connectivity index (χ2n) is 11.1. The van der Waals surface area contributed by atoms with Crippen LogP contribution in [0.2, 0.25) is 0 Å². The van der Waals surface area contributed by atoms with Crippen LogP contribution in [0.1, 0.15) is 48.0 Å². The molecule has 1 saturated heterocycles. The van der Waals surface area contributed by atoms with E-state index in [0.29, 0.717) is 33.2 Å². The third kappa shape index (κ3) is 5.80. The van der Waals surface area contributed by atoms with Crippen LogP contribution >= 0.6 is 24.0 Å². The van der Waals surface area contributed by atoms with E-state index in [1.165, 1.54) is 16.7 Å². The predicted octanol–water partition coefficient (Wildman–Crippen LogP) is 6.42. The molecule has 8 nitrogen and oxygen atoms in total. The molecule has 0 spiro atoms. The van der Waals surface area contributed by atoms with Crippen molar-refractivity contribution in [3.63, 3.8) is 0 Å². The molecule has 2 heterocycles. The predicted molar refractivity (Wildman–Crippen MR) is 174 cm³/mol. The van der Waals surface area contributed by atoms with E-state index in [2.05, 4.69) is 20.8 Å². The zero-order chi connectivity index (χ0) is 31.1. The van der Waals surface area contributed by atoms with Gasteiger partial charge in [0, 0.05) is 7.05 Å². The molecule has 3 aromatic carbocycles. The first-order valence-corrected chi connectivity index (χ1v) is 14.8. The number of carbonyl (C=O) groups is 2. The summed E-state index contributed by atoms with van der Waals surface area (Å²) in [6.45, 7) is 8.10. The number of hydrogen-bond donors (Lipinski definition) is 0. The average molecular weight is 614 g/mol. The minimum Gasteiger partial charge on any atom is -0.493 e. The van der Waals surface area contributed by atoms with E-state index in [9.17, 15) is 14.4 Å². The maximum Gasteiger partial charge on any atom is 0.343 e. The van der Waals surface area contributed by atoms with Gasteiger partial charge < -0.3 is 9.47 Å². The number of aromatic nitrogens is 2. The van der Waals surface area contributed by atoms with Gasteiger partial charge in [0.15, 0.2) is 15.8 Å². The van der Waals surface area contributed by atoms with Crippen LogP contribution in [-0.4, -0.2) is 32.7 Å². The zero-order valence-electron chi connectivity index (χ0n) is 24.7. The van der Waals surface area contributed by atoms with Gasteiger partial charge in [-0.05, 0) is 65.9 Å². The van der Waals surface area contributed by atoms with E-state index in [0.717, 1.165) is 17.3 Å². The third-order valence-electron chi connectivity index (χ3n) is 7.22. The number of thiocarbonyl (C=S) groups is 1. The van der Waals surface area contributed by atoms with Gasteiger partial charge in [0.1, 0.15) is 5.69 Å². The van der Waals surface area contributed by atoms with E-state index in [-0.39, 0.29) is 26.7 Å². The molecule has 0 unspecified atom stereocenters. The summed E-state index contributed by atoms with van der Waals surface area (Å²) in [5.74, 6) is -0.326. The van der Waals surface area contributed by atoms with Crippen LogP contribution in [0, 0.1) is 6.92 Å². The Balaban J connectivity index is 1.39. The van der Waals surface area contributed by atoms with Gasteiger partial charge in [0.2, 0.25) is 0 Å². The van der Waals surface area contributed by atoms with Crippen LogP contribution in [0.5, 0.6) is 11.5 Å². The molecule has 1 fully saturated rings. The number of amides is 1. The second-order valence-corrected chi connectivity index (χ2v) is 12.7. The number of esters is 1. The lowest BCUT2D eigenvalue weighted by Crippen LogP contribution is -2.33. The van der Waals surface area contributed by atoms with Crippen molar-refractivity contribution in [1.29, 1.82) is 0 Å². The van der Waals surface area contributed by atoms with Gasteiger partial charge in [-0.15, -0.1) is 0 Å². The number of thioether (sulfide) groups is 1. The topological polar surface area (TPSA) is 82.8 Å². The molecule has 1 aliphatic rings. The van der Waals surface area contributed by atoms with Crippen molar-refractivity contribution in [3.8, 4) is 17.2 Å². The first kappa shape index (κ1) is 30.1. The number of hydrogen-bond acceptors (Lipinski definition) is 7. The molecule has 220 valence electrons. The highest BCUT2D eigenvalue weighted by molar-refractivity contribution is 8.27. The molecule has 0 bridgehead atoms. The monoisotopic (exact) mass is 613 g/mol. The summed E-state index contributed by atoms with van der Waals surface area (Å²) in [6, 6.07) is 21.5. The summed E-state index contributed by atoms with van der Waals surface area (Å²) in [4.78, 5) is 41.6. The number of benzene rings is 3. The van der Waals surface area contributed by atoms with E-state index in [4.69, 9.17) is 21.7 Å². The van der Waals surface area contributed by atoms with Crippen LogP contribution in [-0.2, 0) is 17.3 Å². The average Bonchev–Trinajstić information content (AvgIpc) is 3.37. The highest BCUT2D eigenvalue weighted by Gasteiger charge is 2.37. The number of ether oxygens (including phenoxy) is 2. The summed E-state index contributed by atoms with van der Waals surface area (Å²) in [5, 5.41) is 0. The van der Waals surface area contributed by atoms with Crippen LogP contribution in [0.25, 0.3) is 11.8 Å². The number of rotatable bonds is 6. The zero-order valence-corrected chi connectivity index (χ0v) is 26.3. The van der Waals surface area contributed by atoms with Crippen molar-refractivity contribution >= 4 is 51.9 Å². The fraction of sp³-hybridized carbons (Fsp3) is 0.212. The standard InChI is InChI=1S/C33H31N3O5S2/c1-20-28(30(38)36(34(20)5)24-10-8-7-9-11-24)35-29(37)27(43-32(35)42)19-21-12-17-25(26(18-21)40-6)41-31(39)22-13-15-23(16-14-22)33(2,3)4/h7-19H,1-6H3/b27-19-. The Morgan fingerprint density at radius 2 is 1.63 bits per heavy atom. The summed E-state index contributed by atoms with van der Waals surface area (Å²) >= 11 is 6.67. The van der Waals surface area contributed by atoms with E-state index < -0.39 is 11.9 Å².